The van der Waals surface area contributed by atoms with Gasteiger partial charge in [-0.1, -0.05) is 6.07 Å². The molecule has 2 rings (SSSR count). The number of alkyl halides is 3. The van der Waals surface area contributed by atoms with Crippen molar-refractivity contribution in [3.05, 3.63) is 59.9 Å². The van der Waals surface area contributed by atoms with Gasteiger partial charge in [0.25, 0.3) is 5.91 Å². The molecule has 0 atom stereocenters. The second-order valence-electron chi connectivity index (χ2n) is 3.80. The zero-order chi connectivity index (χ0) is 14.6. The molecule has 2 aromatic rings. The fraction of sp³-hybridized carbons (Fsp3) is 0.0769. The average Bonchev–Trinajstić information content (AvgIpc) is 2.45. The summed E-state index contributed by atoms with van der Waals surface area (Å²) in [5.74, 6) is -0.715. The van der Waals surface area contributed by atoms with Crippen molar-refractivity contribution in [1.82, 2.24) is 10.5 Å². The predicted molar refractivity (Wildman–Crippen MR) is 63.8 cm³/mol. The Labute approximate surface area is 112 Å². The molecule has 20 heavy (non-hydrogen) atoms. The van der Waals surface area contributed by atoms with E-state index in [1.807, 2.05) is 5.48 Å². The number of amides is 1. The average molecular weight is 282 g/mol. The number of hydrogen-bond donors (Lipinski definition) is 1. The Morgan fingerprint density at radius 3 is 2.65 bits per heavy atom. The van der Waals surface area contributed by atoms with Crippen LogP contribution in [0.3, 0.4) is 0 Å². The lowest BCUT2D eigenvalue weighted by Gasteiger charge is -2.10. The normalized spacial score (nSPS) is 10.9. The van der Waals surface area contributed by atoms with Crippen LogP contribution in [0.1, 0.15) is 15.9 Å². The van der Waals surface area contributed by atoms with E-state index in [1.54, 1.807) is 6.07 Å². The molecule has 0 aliphatic heterocycles. The maximum atomic E-state index is 12.5. The number of hydrogen-bond acceptors (Lipinski definition) is 3. The third-order valence-electron chi connectivity index (χ3n) is 2.35. The highest BCUT2D eigenvalue weighted by Gasteiger charge is 2.30. The van der Waals surface area contributed by atoms with E-state index in [1.165, 1.54) is 30.6 Å². The van der Waals surface area contributed by atoms with Crippen LogP contribution in [0.15, 0.2) is 48.8 Å². The van der Waals surface area contributed by atoms with Gasteiger partial charge in [-0.05, 0) is 30.3 Å². The molecule has 1 heterocycles. The molecule has 0 fully saturated rings. The molecule has 7 heteroatoms. The van der Waals surface area contributed by atoms with E-state index in [9.17, 15) is 18.0 Å². The monoisotopic (exact) mass is 282 g/mol. The summed E-state index contributed by atoms with van der Waals surface area (Å²) < 4.78 is 37.4. The van der Waals surface area contributed by atoms with Crippen LogP contribution in [-0.2, 0) is 6.18 Å². The van der Waals surface area contributed by atoms with Gasteiger partial charge in [-0.25, -0.2) is 0 Å². The van der Waals surface area contributed by atoms with E-state index in [0.29, 0.717) is 0 Å². The van der Waals surface area contributed by atoms with Gasteiger partial charge in [-0.2, -0.15) is 18.7 Å². The Morgan fingerprint density at radius 1 is 1.20 bits per heavy atom. The highest BCUT2D eigenvalue weighted by atomic mass is 19.4. The number of pyridine rings is 1. The lowest BCUT2D eigenvalue weighted by molar-refractivity contribution is -0.137. The number of benzene rings is 1. The molecule has 0 aliphatic carbocycles. The Bertz CT molecular complexity index is 600. The summed E-state index contributed by atoms with van der Waals surface area (Å²) >= 11 is 0. The Hall–Kier alpha value is -2.57. The van der Waals surface area contributed by atoms with Crippen LogP contribution in [-0.4, -0.2) is 10.9 Å². The largest absolute Gasteiger partial charge is 0.416 e. The van der Waals surface area contributed by atoms with E-state index in [4.69, 9.17) is 4.84 Å². The molecule has 1 N–H and O–H groups in total. The van der Waals surface area contributed by atoms with E-state index >= 15 is 0 Å². The highest BCUT2D eigenvalue weighted by Crippen LogP contribution is 2.31. The second-order valence-corrected chi connectivity index (χ2v) is 3.80. The summed E-state index contributed by atoms with van der Waals surface area (Å²) in [5.41, 5.74) is 1.43. The third-order valence-corrected chi connectivity index (χ3v) is 2.35. The van der Waals surface area contributed by atoms with Crippen molar-refractivity contribution in [2.45, 2.75) is 6.18 Å². The van der Waals surface area contributed by atoms with E-state index < -0.39 is 17.6 Å². The lowest BCUT2D eigenvalue weighted by atomic mass is 10.2. The van der Waals surface area contributed by atoms with Crippen LogP contribution in [0.4, 0.5) is 13.2 Å². The predicted octanol–water partition coefficient (Wildman–Crippen LogP) is 2.82. The molecule has 1 aromatic heterocycles. The van der Waals surface area contributed by atoms with Crippen molar-refractivity contribution in [1.29, 1.82) is 0 Å². The molecule has 4 nitrogen and oxygen atoms in total. The summed E-state index contributed by atoms with van der Waals surface area (Å²) in [6.07, 6.45) is -1.66. The molecule has 0 bridgehead atoms. The standard InChI is InChI=1S/C13H9F3N2O2/c14-13(15,16)10-4-1-5-11(7-10)20-18-12(19)9-3-2-6-17-8-9/h1-8H,(H,18,19). The van der Waals surface area contributed by atoms with E-state index in [2.05, 4.69) is 4.98 Å². The van der Waals surface area contributed by atoms with E-state index in [0.717, 1.165) is 12.1 Å². The zero-order valence-electron chi connectivity index (χ0n) is 10.0. The number of nitrogens with zero attached hydrogens (tertiary/aromatic N) is 1. The molecule has 0 saturated heterocycles. The minimum Gasteiger partial charge on any atom is -0.379 e. The quantitative estimate of drug-likeness (QED) is 0.881. The Balaban J connectivity index is 2.03. The Morgan fingerprint density at radius 2 is 2.00 bits per heavy atom. The number of halogens is 3. The first-order valence-corrected chi connectivity index (χ1v) is 5.51. The molecule has 0 saturated carbocycles. The topological polar surface area (TPSA) is 51.2 Å². The number of hydroxylamine groups is 1. The van der Waals surface area contributed by atoms with Crippen LogP contribution < -0.4 is 10.3 Å². The van der Waals surface area contributed by atoms with Gasteiger partial charge in [-0.3, -0.25) is 9.78 Å². The van der Waals surface area contributed by atoms with Gasteiger partial charge in [0.05, 0.1) is 11.1 Å². The molecule has 1 aromatic carbocycles. The summed E-state index contributed by atoms with van der Waals surface area (Å²) in [6, 6.07) is 7.25. The van der Waals surface area contributed by atoms with Crippen LogP contribution in [0.2, 0.25) is 0 Å². The molecular weight excluding hydrogens is 273 g/mol. The van der Waals surface area contributed by atoms with Crippen molar-refractivity contribution in [3.8, 4) is 5.75 Å². The van der Waals surface area contributed by atoms with Crippen molar-refractivity contribution in [2.24, 2.45) is 0 Å². The zero-order valence-corrected chi connectivity index (χ0v) is 10.0. The fourth-order valence-electron chi connectivity index (χ4n) is 1.40. The van der Waals surface area contributed by atoms with Gasteiger partial charge in [-0.15, -0.1) is 0 Å². The summed E-state index contributed by atoms with van der Waals surface area (Å²) in [6.45, 7) is 0. The smallest absolute Gasteiger partial charge is 0.379 e. The number of carbonyl (C=O) groups is 1. The van der Waals surface area contributed by atoms with Gasteiger partial charge >= 0.3 is 6.18 Å². The second kappa shape index (κ2) is 5.60. The minimum absolute atomic E-state index is 0.114. The lowest BCUT2D eigenvalue weighted by Crippen LogP contribution is -2.27. The van der Waals surface area contributed by atoms with Crippen LogP contribution in [0.5, 0.6) is 5.75 Å². The van der Waals surface area contributed by atoms with E-state index in [-0.39, 0.29) is 11.3 Å². The fourth-order valence-corrected chi connectivity index (χ4v) is 1.40. The number of nitrogens with one attached hydrogen (secondary N) is 1. The minimum atomic E-state index is -4.47. The summed E-state index contributed by atoms with van der Waals surface area (Å²) in [7, 11) is 0. The van der Waals surface area contributed by atoms with Crippen molar-refractivity contribution in [3.63, 3.8) is 0 Å². The summed E-state index contributed by atoms with van der Waals surface area (Å²) in [4.78, 5) is 20.2. The van der Waals surface area contributed by atoms with Gasteiger partial charge in [0.1, 0.15) is 0 Å². The van der Waals surface area contributed by atoms with Gasteiger partial charge in [0.15, 0.2) is 5.75 Å². The molecule has 0 unspecified atom stereocenters. The van der Waals surface area contributed by atoms with Gasteiger partial charge in [0.2, 0.25) is 0 Å². The molecular formula is C13H9F3N2O2. The molecule has 0 aliphatic rings. The number of aromatic nitrogens is 1. The van der Waals surface area contributed by atoms with Crippen molar-refractivity contribution >= 4 is 5.91 Å². The maximum absolute atomic E-state index is 12.5. The van der Waals surface area contributed by atoms with Crippen LogP contribution >= 0.6 is 0 Å². The van der Waals surface area contributed by atoms with Crippen molar-refractivity contribution in [2.75, 3.05) is 0 Å². The molecule has 104 valence electrons. The maximum Gasteiger partial charge on any atom is 0.416 e. The van der Waals surface area contributed by atoms with Gasteiger partial charge in [0, 0.05) is 12.4 Å². The van der Waals surface area contributed by atoms with Crippen LogP contribution in [0, 0.1) is 0 Å². The first-order valence-electron chi connectivity index (χ1n) is 5.51. The van der Waals surface area contributed by atoms with Crippen LogP contribution in [0.25, 0.3) is 0 Å². The highest BCUT2D eigenvalue weighted by molar-refractivity contribution is 5.93. The Kier molecular flexibility index (Phi) is 3.88. The molecule has 0 radical (unpaired) electrons. The number of carbonyl (C=O) groups excluding carboxylic acids is 1. The molecule has 1 amide bonds. The molecule has 0 spiro atoms. The van der Waals surface area contributed by atoms with Crippen molar-refractivity contribution < 1.29 is 22.8 Å². The first-order chi connectivity index (χ1) is 9.47. The third kappa shape index (κ3) is 3.47. The SMILES string of the molecule is O=C(NOc1cccc(C(F)(F)F)c1)c1cccnc1. The van der Waals surface area contributed by atoms with Gasteiger partial charge < -0.3 is 4.84 Å². The summed E-state index contributed by atoms with van der Waals surface area (Å²) in [5, 5.41) is 0. The number of rotatable bonds is 3. The first kappa shape index (κ1) is 13.9.